The zero-order chi connectivity index (χ0) is 26.1. The standard InChI is InChI=1S/C27H34N4O5/c1-3-5-15-29(16-6-4-2)17-10-18-30-24(22-13-7-8-14-28-22)23(26(33)27(30)34)25(32)20-11-9-12-21(19-20)31(35)36/h7-9,11-14,19,24,32H,3-6,10,15-18H2,1-2H3/b25-23-. The van der Waals surface area contributed by atoms with Gasteiger partial charge in [-0.1, -0.05) is 44.9 Å². The van der Waals surface area contributed by atoms with Crippen molar-refractivity contribution in [1.29, 1.82) is 0 Å². The number of Topliss-reactive ketones (excluding diaryl/α,β-unsaturated/α-hetero) is 1. The molecule has 1 aliphatic rings. The van der Waals surface area contributed by atoms with Crippen LogP contribution in [0, 0.1) is 10.1 Å². The van der Waals surface area contributed by atoms with Crippen LogP contribution in [0.1, 0.15) is 63.3 Å². The average molecular weight is 495 g/mol. The molecule has 1 aromatic carbocycles. The largest absolute Gasteiger partial charge is 0.507 e. The number of likely N-dealkylation sites (tertiary alicyclic amines) is 1. The number of carbonyl (C=O) groups excluding carboxylic acids is 2. The molecule has 0 spiro atoms. The zero-order valence-corrected chi connectivity index (χ0v) is 20.9. The van der Waals surface area contributed by atoms with E-state index >= 15 is 0 Å². The number of non-ortho nitro benzene ring substituents is 1. The summed E-state index contributed by atoms with van der Waals surface area (Å²) in [5.41, 5.74) is 0.237. The van der Waals surface area contributed by atoms with E-state index in [0.717, 1.165) is 45.3 Å². The van der Waals surface area contributed by atoms with Gasteiger partial charge >= 0.3 is 0 Å². The fourth-order valence-corrected chi connectivity index (χ4v) is 4.44. The number of pyridine rings is 1. The number of carbonyl (C=O) groups is 2. The third kappa shape index (κ3) is 6.34. The van der Waals surface area contributed by atoms with Gasteiger partial charge in [-0.3, -0.25) is 24.7 Å². The Morgan fingerprint density at radius 2 is 1.75 bits per heavy atom. The van der Waals surface area contributed by atoms with E-state index in [4.69, 9.17) is 0 Å². The number of amides is 1. The molecular formula is C27H34N4O5. The number of hydrogen-bond donors (Lipinski definition) is 1. The first kappa shape index (κ1) is 27.0. The smallest absolute Gasteiger partial charge is 0.295 e. The van der Waals surface area contributed by atoms with Crippen LogP contribution in [0.15, 0.2) is 54.2 Å². The molecule has 1 amide bonds. The van der Waals surface area contributed by atoms with E-state index in [1.807, 2.05) is 0 Å². The first-order valence-electron chi connectivity index (χ1n) is 12.6. The van der Waals surface area contributed by atoms with Crippen molar-refractivity contribution in [3.63, 3.8) is 0 Å². The molecule has 3 rings (SSSR count). The molecule has 1 atom stereocenters. The molecule has 36 heavy (non-hydrogen) atoms. The topological polar surface area (TPSA) is 117 Å². The highest BCUT2D eigenvalue weighted by Gasteiger charge is 2.46. The van der Waals surface area contributed by atoms with Crippen LogP contribution >= 0.6 is 0 Å². The molecule has 192 valence electrons. The van der Waals surface area contributed by atoms with Crippen molar-refractivity contribution in [2.45, 2.75) is 52.0 Å². The quantitative estimate of drug-likeness (QED) is 0.141. The first-order valence-corrected chi connectivity index (χ1v) is 12.6. The molecule has 0 aliphatic carbocycles. The molecule has 1 N–H and O–H groups in total. The Morgan fingerprint density at radius 3 is 2.36 bits per heavy atom. The molecule has 1 aromatic heterocycles. The normalized spacial score (nSPS) is 17.2. The fourth-order valence-electron chi connectivity index (χ4n) is 4.44. The van der Waals surface area contributed by atoms with Gasteiger partial charge in [-0.2, -0.15) is 0 Å². The minimum atomic E-state index is -0.870. The summed E-state index contributed by atoms with van der Waals surface area (Å²) in [6.07, 6.45) is 6.65. The number of aliphatic hydroxyl groups excluding tert-OH is 1. The summed E-state index contributed by atoms with van der Waals surface area (Å²) in [4.78, 5) is 45.1. The maximum absolute atomic E-state index is 13.1. The van der Waals surface area contributed by atoms with E-state index in [9.17, 15) is 24.8 Å². The van der Waals surface area contributed by atoms with Crippen molar-refractivity contribution in [3.8, 4) is 0 Å². The van der Waals surface area contributed by atoms with Gasteiger partial charge in [-0.05, 0) is 51.0 Å². The fraction of sp³-hybridized carbons (Fsp3) is 0.444. The van der Waals surface area contributed by atoms with Gasteiger partial charge in [0.25, 0.3) is 17.4 Å². The third-order valence-corrected chi connectivity index (χ3v) is 6.37. The zero-order valence-electron chi connectivity index (χ0n) is 20.9. The number of nitrogens with zero attached hydrogens (tertiary/aromatic N) is 4. The Balaban J connectivity index is 1.92. The van der Waals surface area contributed by atoms with Crippen LogP contribution in [-0.2, 0) is 9.59 Å². The highest BCUT2D eigenvalue weighted by molar-refractivity contribution is 6.46. The molecule has 0 radical (unpaired) electrons. The van der Waals surface area contributed by atoms with E-state index in [0.29, 0.717) is 18.7 Å². The molecule has 9 heteroatoms. The Hall–Kier alpha value is -3.59. The second kappa shape index (κ2) is 12.9. The van der Waals surface area contributed by atoms with Gasteiger partial charge in [-0.15, -0.1) is 0 Å². The summed E-state index contributed by atoms with van der Waals surface area (Å²) in [6.45, 7) is 7.42. The number of rotatable bonds is 13. The van der Waals surface area contributed by atoms with Crippen LogP contribution in [0.5, 0.6) is 0 Å². The number of hydrogen-bond acceptors (Lipinski definition) is 7. The van der Waals surface area contributed by atoms with Crippen molar-refractivity contribution in [2.24, 2.45) is 0 Å². The van der Waals surface area contributed by atoms with E-state index in [1.54, 1.807) is 24.4 Å². The summed E-state index contributed by atoms with van der Waals surface area (Å²) < 4.78 is 0. The second-order valence-electron chi connectivity index (χ2n) is 8.96. The van der Waals surface area contributed by atoms with Crippen molar-refractivity contribution >= 4 is 23.1 Å². The lowest BCUT2D eigenvalue weighted by Crippen LogP contribution is -2.34. The van der Waals surface area contributed by atoms with Crippen LogP contribution < -0.4 is 0 Å². The average Bonchev–Trinajstić information content (AvgIpc) is 3.15. The molecule has 1 unspecified atom stereocenters. The Labute approximate surface area is 211 Å². The molecule has 0 bridgehead atoms. The van der Waals surface area contributed by atoms with Gasteiger partial charge in [-0.25, -0.2) is 0 Å². The molecule has 2 aromatic rings. The molecule has 9 nitrogen and oxygen atoms in total. The van der Waals surface area contributed by atoms with Crippen molar-refractivity contribution in [1.82, 2.24) is 14.8 Å². The van der Waals surface area contributed by atoms with E-state index in [2.05, 4.69) is 23.7 Å². The number of nitro groups is 1. The summed E-state index contributed by atoms with van der Waals surface area (Å²) in [6, 6.07) is 9.73. The van der Waals surface area contributed by atoms with E-state index in [1.165, 1.54) is 29.2 Å². The van der Waals surface area contributed by atoms with Crippen LogP contribution in [0.2, 0.25) is 0 Å². The predicted octanol–water partition coefficient (Wildman–Crippen LogP) is 4.70. The highest BCUT2D eigenvalue weighted by atomic mass is 16.6. The highest BCUT2D eigenvalue weighted by Crippen LogP contribution is 2.39. The van der Waals surface area contributed by atoms with Crippen LogP contribution in [0.25, 0.3) is 5.76 Å². The van der Waals surface area contributed by atoms with E-state index < -0.39 is 28.4 Å². The van der Waals surface area contributed by atoms with Gasteiger partial charge in [0.05, 0.1) is 16.2 Å². The number of unbranched alkanes of at least 4 members (excludes halogenated alkanes) is 2. The maximum Gasteiger partial charge on any atom is 0.295 e. The van der Waals surface area contributed by atoms with Crippen LogP contribution in [-0.4, -0.2) is 62.7 Å². The number of ketones is 1. The third-order valence-electron chi connectivity index (χ3n) is 6.37. The lowest BCUT2D eigenvalue weighted by Gasteiger charge is -2.27. The minimum Gasteiger partial charge on any atom is -0.507 e. The predicted molar refractivity (Wildman–Crippen MR) is 137 cm³/mol. The first-order chi connectivity index (χ1) is 17.4. The minimum absolute atomic E-state index is 0.104. The monoisotopic (exact) mass is 494 g/mol. The molecule has 0 saturated carbocycles. The molecule has 1 aliphatic heterocycles. The van der Waals surface area contributed by atoms with Crippen molar-refractivity contribution in [3.05, 3.63) is 75.6 Å². The van der Waals surface area contributed by atoms with Gasteiger partial charge < -0.3 is 14.9 Å². The summed E-state index contributed by atoms with van der Waals surface area (Å²) in [5.74, 6) is -1.96. The van der Waals surface area contributed by atoms with Crippen LogP contribution in [0.4, 0.5) is 5.69 Å². The van der Waals surface area contributed by atoms with Crippen molar-refractivity contribution < 1.29 is 19.6 Å². The Bertz CT molecular complexity index is 1090. The number of benzene rings is 1. The van der Waals surface area contributed by atoms with Crippen molar-refractivity contribution in [2.75, 3.05) is 26.2 Å². The lowest BCUT2D eigenvalue weighted by molar-refractivity contribution is -0.384. The SMILES string of the molecule is CCCCN(CCCC)CCCN1C(=O)C(=O)/C(=C(\O)c2cccc([N+](=O)[O-])c2)C1c1ccccn1. The lowest BCUT2D eigenvalue weighted by atomic mass is 9.98. The number of nitro benzene ring substituents is 1. The Kier molecular flexibility index (Phi) is 9.69. The summed E-state index contributed by atoms with van der Waals surface area (Å²) in [5, 5.41) is 22.3. The maximum atomic E-state index is 13.1. The number of aromatic nitrogens is 1. The summed E-state index contributed by atoms with van der Waals surface area (Å²) >= 11 is 0. The van der Waals surface area contributed by atoms with Gasteiger partial charge in [0.15, 0.2) is 0 Å². The van der Waals surface area contributed by atoms with Gasteiger partial charge in [0.1, 0.15) is 11.8 Å². The Morgan fingerprint density at radius 1 is 1.06 bits per heavy atom. The van der Waals surface area contributed by atoms with Gasteiger partial charge in [0.2, 0.25) is 0 Å². The van der Waals surface area contributed by atoms with Crippen LogP contribution in [0.3, 0.4) is 0 Å². The van der Waals surface area contributed by atoms with E-state index in [-0.39, 0.29) is 16.8 Å². The molecule has 1 fully saturated rings. The molecular weight excluding hydrogens is 460 g/mol. The molecule has 1 saturated heterocycles. The van der Waals surface area contributed by atoms with Gasteiger partial charge in [0, 0.05) is 30.4 Å². The number of aliphatic hydroxyl groups is 1. The second-order valence-corrected chi connectivity index (χ2v) is 8.96. The molecule has 2 heterocycles. The summed E-state index contributed by atoms with van der Waals surface area (Å²) in [7, 11) is 0.